The summed E-state index contributed by atoms with van der Waals surface area (Å²) in [5.74, 6) is -8.02. The summed E-state index contributed by atoms with van der Waals surface area (Å²) in [6, 6.07) is -8.13. The molecule has 0 aromatic rings. The number of aldehydes is 5. The fourth-order valence-corrected chi connectivity index (χ4v) is 5.21. The fraction of sp³-hybridized carbons (Fsp3) is 0.575. The number of ether oxygens (including phenoxy) is 1. The lowest BCUT2D eigenvalue weighted by Gasteiger charge is -2.36. The van der Waals surface area contributed by atoms with Gasteiger partial charge in [-0.1, -0.05) is 12.2 Å². The smallest absolute Gasteiger partial charge is 0.343 e. The van der Waals surface area contributed by atoms with Crippen molar-refractivity contribution in [2.75, 3.05) is 13.7 Å². The maximum Gasteiger partial charge on any atom is 0.343 e. The quantitative estimate of drug-likeness (QED) is 0.0124. The van der Waals surface area contributed by atoms with Gasteiger partial charge in [0.15, 0.2) is 30.8 Å². The Morgan fingerprint density at radius 2 is 0.864 bits per heavy atom. The van der Waals surface area contributed by atoms with E-state index in [4.69, 9.17) is 0 Å². The van der Waals surface area contributed by atoms with Crippen molar-refractivity contribution in [1.29, 1.82) is 0 Å². The highest BCUT2D eigenvalue weighted by Crippen LogP contribution is 2.06. The Kier molecular flexibility index (Phi) is 28.2. The molecule has 0 aromatic carbocycles. The Balaban J connectivity index is 6.93. The average Bonchev–Trinajstić information content (AvgIpc) is 3.29. The second-order valence-corrected chi connectivity index (χ2v) is 14.8. The molecule has 0 aliphatic carbocycles. The maximum absolute atomic E-state index is 14.3. The van der Waals surface area contributed by atoms with E-state index in [-0.39, 0.29) is 6.42 Å². The lowest BCUT2D eigenvalue weighted by molar-refractivity contribution is -0.147. The van der Waals surface area contributed by atoms with Gasteiger partial charge in [-0.15, -0.1) is 13.2 Å². The molecule has 0 fully saturated rings. The zero-order valence-corrected chi connectivity index (χ0v) is 38.2. The van der Waals surface area contributed by atoms with E-state index >= 15 is 0 Å². The molecule has 0 saturated carbocycles. The third-order valence-electron chi connectivity index (χ3n) is 8.78. The van der Waals surface area contributed by atoms with Crippen molar-refractivity contribution in [2.24, 2.45) is 0 Å². The molecule has 0 heterocycles. The summed E-state index contributed by atoms with van der Waals surface area (Å²) in [7, 11) is 1.03. The van der Waals surface area contributed by atoms with Crippen LogP contribution in [0.3, 0.4) is 0 Å². The van der Waals surface area contributed by atoms with Crippen LogP contribution < -0.4 is 58.5 Å². The van der Waals surface area contributed by atoms with Crippen molar-refractivity contribution in [3.8, 4) is 0 Å². The Hall–Kier alpha value is -6.61. The van der Waals surface area contributed by atoms with Crippen molar-refractivity contribution < 1.29 is 67.1 Å². The first-order chi connectivity index (χ1) is 31.1. The third-order valence-corrected chi connectivity index (χ3v) is 8.78. The van der Waals surface area contributed by atoms with Gasteiger partial charge in [-0.3, -0.25) is 60.1 Å². The Morgan fingerprint density at radius 3 is 1.30 bits per heavy atom. The number of amides is 7. The molecular formula is C40H64N12O14. The topological polar surface area (TPSA) is 367 Å². The monoisotopic (exact) mass is 936 g/mol. The number of nitrogens with one attached hydrogen (secondary N) is 11. The van der Waals surface area contributed by atoms with E-state index in [1.165, 1.54) is 60.6 Å². The summed E-state index contributed by atoms with van der Waals surface area (Å²) >= 11 is 0. The molecule has 0 aliphatic rings. The minimum atomic E-state index is -1.94. The van der Waals surface area contributed by atoms with Crippen LogP contribution in [0.1, 0.15) is 61.3 Å². The molecule has 0 rings (SSSR count). The van der Waals surface area contributed by atoms with Gasteiger partial charge in [0.05, 0.1) is 37.3 Å². The SMILES string of the molecule is C=CCCC(=O)N[C@@H](C)C(=O)N[C@@H](N[C@@H](C)C=O)C(=O)N(CC=C)[C@@H](N[C@@H](C)C=O)C(=O)N[C@H](N[C@@H](C)C=O)C(=O)N[C@H](N[C@@H](C)C=O)C(=O)N[C@@H](C)C(=O)N[C@H](N[C@@H](C)C=O)C(=O)OC. The lowest BCUT2D eigenvalue weighted by Crippen LogP contribution is -2.69. The summed E-state index contributed by atoms with van der Waals surface area (Å²) in [5, 5.41) is 26.7. The second kappa shape index (κ2) is 31.3. The molecule has 0 aromatic heterocycles. The van der Waals surface area contributed by atoms with Crippen LogP contribution in [0.5, 0.6) is 0 Å². The van der Waals surface area contributed by atoms with Gasteiger partial charge < -0.3 is 65.5 Å². The van der Waals surface area contributed by atoms with E-state index < -0.39 is 127 Å². The van der Waals surface area contributed by atoms with E-state index in [0.717, 1.165) is 12.0 Å². The summed E-state index contributed by atoms with van der Waals surface area (Å²) in [6.45, 7) is 15.8. The van der Waals surface area contributed by atoms with Gasteiger partial charge in [0.1, 0.15) is 43.5 Å². The zero-order valence-electron chi connectivity index (χ0n) is 38.2. The van der Waals surface area contributed by atoms with Crippen molar-refractivity contribution in [2.45, 2.75) is 134 Å². The summed E-state index contributed by atoms with van der Waals surface area (Å²) in [4.78, 5) is 166. The highest BCUT2D eigenvalue weighted by molar-refractivity contribution is 5.97. The molecule has 0 unspecified atom stereocenters. The predicted molar refractivity (Wildman–Crippen MR) is 233 cm³/mol. The molecule has 368 valence electrons. The van der Waals surface area contributed by atoms with Crippen molar-refractivity contribution in [1.82, 2.24) is 63.4 Å². The average molecular weight is 937 g/mol. The first-order valence-corrected chi connectivity index (χ1v) is 20.6. The predicted octanol–water partition coefficient (Wildman–Crippen LogP) is -5.87. The van der Waals surface area contributed by atoms with E-state index in [0.29, 0.717) is 37.9 Å². The molecular weight excluding hydrogens is 873 g/mol. The molecule has 0 bridgehead atoms. The largest absolute Gasteiger partial charge is 0.466 e. The molecule has 11 N–H and O–H groups in total. The number of hydrogen-bond donors (Lipinski definition) is 11. The minimum absolute atomic E-state index is 0.0106. The number of carbonyl (C=O) groups excluding carboxylic acids is 13. The van der Waals surface area contributed by atoms with Gasteiger partial charge in [0, 0.05) is 13.0 Å². The van der Waals surface area contributed by atoms with Crippen LogP contribution >= 0.6 is 0 Å². The molecule has 0 spiro atoms. The van der Waals surface area contributed by atoms with E-state index in [1.54, 1.807) is 0 Å². The van der Waals surface area contributed by atoms with E-state index in [1.807, 2.05) is 0 Å². The summed E-state index contributed by atoms with van der Waals surface area (Å²) in [5.41, 5.74) is 0. The van der Waals surface area contributed by atoms with E-state index in [9.17, 15) is 62.3 Å². The molecule has 66 heavy (non-hydrogen) atoms. The van der Waals surface area contributed by atoms with Crippen molar-refractivity contribution in [3.05, 3.63) is 25.3 Å². The van der Waals surface area contributed by atoms with Crippen LogP contribution in [0.2, 0.25) is 0 Å². The number of methoxy groups -OCH3 is 1. The maximum atomic E-state index is 14.3. The van der Waals surface area contributed by atoms with Crippen molar-refractivity contribution >= 4 is 78.8 Å². The normalized spacial score (nSPS) is 16.2. The van der Waals surface area contributed by atoms with E-state index in [2.05, 4.69) is 76.4 Å². The number of nitrogens with zero attached hydrogens (tertiary/aromatic N) is 1. The minimum Gasteiger partial charge on any atom is -0.466 e. The van der Waals surface area contributed by atoms with Crippen LogP contribution in [-0.4, -0.2) is 170 Å². The summed E-state index contributed by atoms with van der Waals surface area (Å²) in [6.07, 6.45) is -4.03. The number of rotatable bonds is 34. The molecule has 0 saturated heterocycles. The fourth-order valence-electron chi connectivity index (χ4n) is 5.21. The van der Waals surface area contributed by atoms with Crippen LogP contribution in [-0.2, 0) is 67.1 Å². The van der Waals surface area contributed by atoms with Gasteiger partial charge in [0.2, 0.25) is 17.7 Å². The Morgan fingerprint density at radius 1 is 0.485 bits per heavy atom. The summed E-state index contributed by atoms with van der Waals surface area (Å²) < 4.78 is 4.63. The number of esters is 1. The number of allylic oxidation sites excluding steroid dienone is 1. The number of carbonyl (C=O) groups is 13. The molecule has 26 heteroatoms. The van der Waals surface area contributed by atoms with Crippen LogP contribution in [0.25, 0.3) is 0 Å². The molecule has 7 amide bonds. The molecule has 0 aliphatic heterocycles. The van der Waals surface area contributed by atoms with Gasteiger partial charge in [-0.2, -0.15) is 0 Å². The third kappa shape index (κ3) is 21.4. The van der Waals surface area contributed by atoms with Crippen LogP contribution in [0, 0.1) is 0 Å². The molecule has 0 radical (unpaired) electrons. The van der Waals surface area contributed by atoms with Gasteiger partial charge in [-0.05, 0) is 54.9 Å². The molecule has 26 nitrogen and oxygen atoms in total. The standard InChI is InChI=1S/C40H64N12O14/c1-11-13-14-28(58)46-26(8)34(59)50-31(43-23(5)18-55)39(64)52(15-12-2)33(45-25(7)20-57)38(63)49-30(42-22(4)17-54)37(62)48-29(41-21(3)16-53)36(61)47-27(9)35(60)51-32(40(65)66-10)44-24(6)19-56/h11-12,16-27,29-33,41-45H,1-2,13-15H2,3-10H3,(H,46,58)(H,47,61)(H,48,62)(H,49,63)(H,50,59)(H,51,60)/t21-,22-,23-,24-,25-,26-,27-,29-,30-,31+,32-,33+/m0/s1. The first-order valence-electron chi connectivity index (χ1n) is 20.6. The van der Waals surface area contributed by atoms with Crippen LogP contribution in [0.4, 0.5) is 0 Å². The lowest BCUT2D eigenvalue weighted by atomic mass is 10.2. The highest BCUT2D eigenvalue weighted by atomic mass is 16.5. The second-order valence-electron chi connectivity index (χ2n) is 14.8. The van der Waals surface area contributed by atoms with Gasteiger partial charge in [-0.25, -0.2) is 4.79 Å². The molecule has 12 atom stereocenters. The Labute approximate surface area is 382 Å². The van der Waals surface area contributed by atoms with Crippen molar-refractivity contribution in [3.63, 3.8) is 0 Å². The highest BCUT2D eigenvalue weighted by Gasteiger charge is 2.38. The van der Waals surface area contributed by atoms with Gasteiger partial charge in [0.25, 0.3) is 23.6 Å². The Bertz CT molecular complexity index is 1750. The zero-order chi connectivity index (χ0) is 50.7. The number of hydrogen-bond acceptors (Lipinski definition) is 19. The first kappa shape index (κ1) is 59.4. The van der Waals surface area contributed by atoms with Crippen LogP contribution in [0.15, 0.2) is 25.3 Å². The van der Waals surface area contributed by atoms with Gasteiger partial charge >= 0.3 is 5.97 Å².